The zero-order chi connectivity index (χ0) is 12.6. The lowest BCUT2D eigenvalue weighted by Crippen LogP contribution is -2.43. The number of aliphatic hydroxyl groups excluding tert-OH is 1. The van der Waals surface area contributed by atoms with E-state index in [1.54, 1.807) is 0 Å². The molecule has 94 valence electrons. The van der Waals surface area contributed by atoms with Gasteiger partial charge >= 0.3 is 0 Å². The number of aryl methyl sites for hydroxylation is 1. The van der Waals surface area contributed by atoms with Crippen LogP contribution in [-0.2, 0) is 0 Å². The highest BCUT2D eigenvalue weighted by molar-refractivity contribution is 5.40. The van der Waals surface area contributed by atoms with Crippen LogP contribution in [0.3, 0.4) is 0 Å². The molecular weight excluding hydrogens is 212 g/mol. The Morgan fingerprint density at radius 3 is 2.71 bits per heavy atom. The van der Waals surface area contributed by atoms with Gasteiger partial charge in [-0.15, -0.1) is 0 Å². The third-order valence-electron chi connectivity index (χ3n) is 3.74. The van der Waals surface area contributed by atoms with Crippen molar-refractivity contribution in [2.45, 2.75) is 58.2 Å². The number of hydrogen-bond donors (Lipinski definition) is 1. The summed E-state index contributed by atoms with van der Waals surface area (Å²) >= 11 is 0. The molecule has 0 saturated heterocycles. The van der Waals surface area contributed by atoms with Crippen molar-refractivity contribution < 1.29 is 9.84 Å². The topological polar surface area (TPSA) is 29.5 Å². The first-order chi connectivity index (χ1) is 7.90. The molecule has 0 aliphatic carbocycles. The van der Waals surface area contributed by atoms with Crippen LogP contribution in [0.2, 0.25) is 0 Å². The minimum atomic E-state index is -0.510. The molecule has 0 radical (unpaired) electrons. The SMILES string of the molecule is Cc1ccc2c(c1)[C@@H](C)CC[C@@H](O)C(C)(C)O2. The molecule has 2 heteroatoms. The molecule has 2 nitrogen and oxygen atoms in total. The standard InChI is InChI=1S/C15H22O2/c1-10-5-7-13-12(9-10)11(2)6-8-14(16)15(3,4)17-13/h5,7,9,11,14,16H,6,8H2,1-4H3/t11-,14+/m0/s1. The van der Waals surface area contributed by atoms with E-state index in [0.29, 0.717) is 5.92 Å². The quantitative estimate of drug-likeness (QED) is 0.745. The van der Waals surface area contributed by atoms with Crippen LogP contribution >= 0.6 is 0 Å². The molecule has 1 N–H and O–H groups in total. The zero-order valence-electron chi connectivity index (χ0n) is 11.2. The van der Waals surface area contributed by atoms with Crippen molar-refractivity contribution in [3.63, 3.8) is 0 Å². The minimum Gasteiger partial charge on any atom is -0.485 e. The molecule has 0 unspecified atom stereocenters. The van der Waals surface area contributed by atoms with Crippen LogP contribution in [0.15, 0.2) is 18.2 Å². The lowest BCUT2D eigenvalue weighted by atomic mass is 9.87. The second-order valence-corrected chi connectivity index (χ2v) is 5.74. The summed E-state index contributed by atoms with van der Waals surface area (Å²) in [6.07, 6.45) is 1.39. The summed E-state index contributed by atoms with van der Waals surface area (Å²) in [7, 11) is 0. The normalized spacial score (nSPS) is 27.6. The van der Waals surface area contributed by atoms with Crippen molar-refractivity contribution in [2.75, 3.05) is 0 Å². The van der Waals surface area contributed by atoms with Gasteiger partial charge in [-0.05, 0) is 51.2 Å². The second-order valence-electron chi connectivity index (χ2n) is 5.74. The van der Waals surface area contributed by atoms with Gasteiger partial charge in [0, 0.05) is 0 Å². The van der Waals surface area contributed by atoms with Crippen molar-refractivity contribution >= 4 is 0 Å². The van der Waals surface area contributed by atoms with Gasteiger partial charge in [0.25, 0.3) is 0 Å². The first-order valence-electron chi connectivity index (χ1n) is 6.38. The highest BCUT2D eigenvalue weighted by Crippen LogP contribution is 2.37. The molecule has 1 aromatic carbocycles. The van der Waals surface area contributed by atoms with E-state index < -0.39 is 11.7 Å². The largest absolute Gasteiger partial charge is 0.485 e. The van der Waals surface area contributed by atoms with Crippen LogP contribution in [0.5, 0.6) is 5.75 Å². The van der Waals surface area contributed by atoms with E-state index in [4.69, 9.17) is 4.74 Å². The predicted octanol–water partition coefficient (Wildman–Crippen LogP) is 3.41. The first kappa shape index (κ1) is 12.4. The summed E-state index contributed by atoms with van der Waals surface area (Å²) in [6.45, 7) is 8.22. The summed E-state index contributed by atoms with van der Waals surface area (Å²) < 4.78 is 6.01. The molecule has 1 aliphatic heterocycles. The Morgan fingerprint density at radius 2 is 2.00 bits per heavy atom. The van der Waals surface area contributed by atoms with E-state index in [0.717, 1.165) is 18.6 Å². The monoisotopic (exact) mass is 234 g/mol. The molecule has 0 bridgehead atoms. The molecule has 2 atom stereocenters. The Balaban J connectivity index is 2.43. The van der Waals surface area contributed by atoms with E-state index in [1.807, 2.05) is 19.9 Å². The molecule has 1 aromatic rings. The molecule has 0 spiro atoms. The summed E-state index contributed by atoms with van der Waals surface area (Å²) in [5.74, 6) is 1.36. The minimum absolute atomic E-state index is 0.403. The number of hydrogen-bond acceptors (Lipinski definition) is 2. The molecule has 2 rings (SSSR count). The second kappa shape index (κ2) is 4.34. The zero-order valence-corrected chi connectivity index (χ0v) is 11.2. The fourth-order valence-corrected chi connectivity index (χ4v) is 2.41. The summed E-state index contributed by atoms with van der Waals surface area (Å²) in [6, 6.07) is 6.30. The number of benzene rings is 1. The van der Waals surface area contributed by atoms with Crippen molar-refractivity contribution in [2.24, 2.45) is 0 Å². The predicted molar refractivity (Wildman–Crippen MR) is 69.5 cm³/mol. The number of fused-ring (bicyclic) bond motifs is 1. The summed E-state index contributed by atoms with van der Waals surface area (Å²) in [5, 5.41) is 10.1. The van der Waals surface area contributed by atoms with E-state index >= 15 is 0 Å². The van der Waals surface area contributed by atoms with Gasteiger partial charge in [0.2, 0.25) is 0 Å². The molecule has 17 heavy (non-hydrogen) atoms. The maximum atomic E-state index is 10.1. The first-order valence-corrected chi connectivity index (χ1v) is 6.38. The van der Waals surface area contributed by atoms with Crippen molar-refractivity contribution in [1.29, 1.82) is 0 Å². The van der Waals surface area contributed by atoms with Gasteiger partial charge in [0.1, 0.15) is 11.4 Å². The summed E-state index contributed by atoms with van der Waals surface area (Å²) in [5.41, 5.74) is 2.02. The molecule has 1 aliphatic rings. The van der Waals surface area contributed by atoms with Gasteiger partial charge in [-0.3, -0.25) is 0 Å². The lowest BCUT2D eigenvalue weighted by Gasteiger charge is -2.36. The van der Waals surface area contributed by atoms with Crippen molar-refractivity contribution in [1.82, 2.24) is 0 Å². The van der Waals surface area contributed by atoms with Crippen molar-refractivity contribution in [3.05, 3.63) is 29.3 Å². The fraction of sp³-hybridized carbons (Fsp3) is 0.600. The van der Waals surface area contributed by atoms with Gasteiger partial charge in [-0.25, -0.2) is 0 Å². The van der Waals surface area contributed by atoms with Crippen LogP contribution < -0.4 is 4.74 Å². The molecule has 0 aromatic heterocycles. The average molecular weight is 234 g/mol. The Hall–Kier alpha value is -1.02. The fourth-order valence-electron chi connectivity index (χ4n) is 2.41. The van der Waals surface area contributed by atoms with Crippen LogP contribution in [0.4, 0.5) is 0 Å². The Kier molecular flexibility index (Phi) is 3.17. The number of aliphatic hydroxyl groups is 1. The van der Waals surface area contributed by atoms with Crippen molar-refractivity contribution in [3.8, 4) is 5.75 Å². The molecule has 0 fully saturated rings. The van der Waals surface area contributed by atoms with E-state index in [-0.39, 0.29) is 0 Å². The molecule has 0 amide bonds. The lowest BCUT2D eigenvalue weighted by molar-refractivity contribution is -0.0380. The molecule has 1 heterocycles. The highest BCUT2D eigenvalue weighted by atomic mass is 16.5. The van der Waals surface area contributed by atoms with Gasteiger partial charge in [0.15, 0.2) is 0 Å². The van der Waals surface area contributed by atoms with Crippen LogP contribution in [-0.4, -0.2) is 16.8 Å². The number of rotatable bonds is 0. The van der Waals surface area contributed by atoms with E-state index in [1.165, 1.54) is 11.1 Å². The van der Waals surface area contributed by atoms with Crippen LogP contribution in [0, 0.1) is 6.92 Å². The third kappa shape index (κ3) is 2.47. The smallest absolute Gasteiger partial charge is 0.129 e. The Bertz CT molecular complexity index is 409. The van der Waals surface area contributed by atoms with Gasteiger partial charge < -0.3 is 9.84 Å². The summed E-state index contributed by atoms with van der Waals surface area (Å²) in [4.78, 5) is 0. The maximum Gasteiger partial charge on any atom is 0.129 e. The Morgan fingerprint density at radius 1 is 1.29 bits per heavy atom. The third-order valence-corrected chi connectivity index (χ3v) is 3.74. The highest BCUT2D eigenvalue weighted by Gasteiger charge is 2.33. The van der Waals surface area contributed by atoms with Gasteiger partial charge in [-0.2, -0.15) is 0 Å². The van der Waals surface area contributed by atoms with E-state index in [9.17, 15) is 5.11 Å². The number of ether oxygens (including phenoxy) is 1. The van der Waals surface area contributed by atoms with Gasteiger partial charge in [0.05, 0.1) is 6.10 Å². The molecular formula is C15H22O2. The Labute approximate surface area is 104 Å². The van der Waals surface area contributed by atoms with Crippen LogP contribution in [0.1, 0.15) is 50.7 Å². The van der Waals surface area contributed by atoms with E-state index in [2.05, 4.69) is 26.0 Å². The van der Waals surface area contributed by atoms with Gasteiger partial charge in [-0.1, -0.05) is 24.6 Å². The average Bonchev–Trinajstić information content (AvgIpc) is 2.26. The maximum absolute atomic E-state index is 10.1. The molecule has 0 saturated carbocycles. The van der Waals surface area contributed by atoms with Crippen LogP contribution in [0.25, 0.3) is 0 Å².